The maximum absolute atomic E-state index is 11.8. The Hall–Kier alpha value is -0.390. The first-order chi connectivity index (χ1) is 6.56. The Bertz CT molecular complexity index is 302. The maximum Gasteiger partial charge on any atom is 0.218 e. The summed E-state index contributed by atoms with van der Waals surface area (Å²) in [7, 11) is -3.11. The Morgan fingerprint density at radius 3 is 2.50 bits per heavy atom. The van der Waals surface area contributed by atoms with Gasteiger partial charge >= 0.3 is 0 Å². The predicted octanol–water partition coefficient (Wildman–Crippen LogP) is 0.615. The molecule has 1 aliphatic rings. The van der Waals surface area contributed by atoms with E-state index >= 15 is 0 Å². The summed E-state index contributed by atoms with van der Waals surface area (Å²) in [6, 6.07) is 0. The lowest BCUT2D eigenvalue weighted by atomic mass is 10.3. The molecule has 1 saturated heterocycles. The van der Waals surface area contributed by atoms with Crippen LogP contribution in [0.1, 0.15) is 13.8 Å². The third-order valence-electron chi connectivity index (χ3n) is 2.27. The molecule has 0 amide bonds. The fraction of sp³-hybridized carbons (Fsp3) is 0.778. The molecule has 82 valence electrons. The van der Waals surface area contributed by atoms with Gasteiger partial charge in [-0.2, -0.15) is 4.31 Å². The summed E-state index contributed by atoms with van der Waals surface area (Å²) in [6.07, 6.45) is 1.83. The van der Waals surface area contributed by atoms with Crippen molar-refractivity contribution in [3.05, 3.63) is 11.6 Å². The van der Waals surface area contributed by atoms with Crippen molar-refractivity contribution in [1.82, 2.24) is 4.31 Å². The van der Waals surface area contributed by atoms with Crippen molar-refractivity contribution in [2.45, 2.75) is 13.8 Å². The fourth-order valence-electron chi connectivity index (χ4n) is 1.29. The lowest BCUT2D eigenvalue weighted by molar-refractivity contribution is 0.0731. The van der Waals surface area contributed by atoms with E-state index in [2.05, 4.69) is 0 Å². The van der Waals surface area contributed by atoms with Crippen LogP contribution in [0, 0.1) is 0 Å². The van der Waals surface area contributed by atoms with Crippen molar-refractivity contribution >= 4 is 10.0 Å². The zero-order valence-corrected chi connectivity index (χ0v) is 9.51. The van der Waals surface area contributed by atoms with E-state index in [1.165, 1.54) is 4.31 Å². The van der Waals surface area contributed by atoms with Gasteiger partial charge in [-0.05, 0) is 13.8 Å². The Labute approximate surface area is 85.6 Å². The average molecular weight is 219 g/mol. The zero-order chi connectivity index (χ0) is 10.6. The highest BCUT2D eigenvalue weighted by atomic mass is 32.2. The summed E-state index contributed by atoms with van der Waals surface area (Å²) in [5.74, 6) is 0.128. The Morgan fingerprint density at radius 1 is 1.43 bits per heavy atom. The van der Waals surface area contributed by atoms with Gasteiger partial charge in [0.1, 0.15) is 0 Å². The lowest BCUT2D eigenvalue weighted by Gasteiger charge is -2.26. The van der Waals surface area contributed by atoms with Crippen molar-refractivity contribution in [2.24, 2.45) is 0 Å². The molecule has 0 aromatic heterocycles. The summed E-state index contributed by atoms with van der Waals surface area (Å²) < 4.78 is 30.2. The van der Waals surface area contributed by atoms with E-state index < -0.39 is 10.0 Å². The number of nitrogens with zero attached hydrogens (tertiary/aromatic N) is 1. The molecule has 4 nitrogen and oxygen atoms in total. The molecule has 1 fully saturated rings. The molecule has 0 atom stereocenters. The van der Waals surface area contributed by atoms with Crippen LogP contribution in [0.5, 0.6) is 0 Å². The van der Waals surface area contributed by atoms with Gasteiger partial charge < -0.3 is 4.74 Å². The van der Waals surface area contributed by atoms with Crippen LogP contribution in [0.25, 0.3) is 0 Å². The third kappa shape index (κ3) is 3.08. The van der Waals surface area contributed by atoms with Crippen LogP contribution < -0.4 is 0 Å². The summed E-state index contributed by atoms with van der Waals surface area (Å²) in [6.45, 7) is 5.67. The van der Waals surface area contributed by atoms with Gasteiger partial charge in [-0.15, -0.1) is 0 Å². The van der Waals surface area contributed by atoms with Crippen LogP contribution in [0.2, 0.25) is 0 Å². The summed E-state index contributed by atoms with van der Waals surface area (Å²) in [5.41, 5.74) is 0.886. The minimum atomic E-state index is -3.11. The average Bonchev–Trinajstić information content (AvgIpc) is 2.18. The number of rotatable bonds is 3. The van der Waals surface area contributed by atoms with Gasteiger partial charge in [-0.1, -0.05) is 11.6 Å². The number of hydrogen-bond donors (Lipinski definition) is 0. The maximum atomic E-state index is 11.8. The Kier molecular flexibility index (Phi) is 4.10. The molecule has 0 unspecified atom stereocenters. The summed E-state index contributed by atoms with van der Waals surface area (Å²) in [4.78, 5) is 0. The van der Waals surface area contributed by atoms with Crippen LogP contribution in [0.4, 0.5) is 0 Å². The minimum absolute atomic E-state index is 0.128. The van der Waals surface area contributed by atoms with Crippen molar-refractivity contribution in [2.75, 3.05) is 32.1 Å². The van der Waals surface area contributed by atoms with Crippen molar-refractivity contribution in [3.8, 4) is 0 Å². The van der Waals surface area contributed by atoms with E-state index in [-0.39, 0.29) is 5.75 Å². The SMILES string of the molecule is C/C=C(/C)CS(=O)(=O)N1CCOCC1. The van der Waals surface area contributed by atoms with Gasteiger partial charge in [0.05, 0.1) is 19.0 Å². The summed E-state index contributed by atoms with van der Waals surface area (Å²) >= 11 is 0. The van der Waals surface area contributed by atoms with E-state index in [9.17, 15) is 8.42 Å². The van der Waals surface area contributed by atoms with Crippen LogP contribution in [0.3, 0.4) is 0 Å². The second-order valence-corrected chi connectivity index (χ2v) is 5.37. The molecule has 14 heavy (non-hydrogen) atoms. The minimum Gasteiger partial charge on any atom is -0.379 e. The second kappa shape index (κ2) is 4.91. The smallest absolute Gasteiger partial charge is 0.218 e. The number of morpholine rings is 1. The quantitative estimate of drug-likeness (QED) is 0.654. The van der Waals surface area contributed by atoms with E-state index in [1.54, 1.807) is 0 Å². The topological polar surface area (TPSA) is 46.6 Å². The largest absolute Gasteiger partial charge is 0.379 e. The molecular weight excluding hydrogens is 202 g/mol. The molecule has 0 aromatic carbocycles. The highest BCUT2D eigenvalue weighted by molar-refractivity contribution is 7.89. The van der Waals surface area contributed by atoms with Gasteiger partial charge in [0.15, 0.2) is 0 Å². The van der Waals surface area contributed by atoms with Gasteiger partial charge in [0.2, 0.25) is 10.0 Å². The van der Waals surface area contributed by atoms with Crippen LogP contribution in [-0.2, 0) is 14.8 Å². The number of sulfonamides is 1. The zero-order valence-electron chi connectivity index (χ0n) is 8.69. The molecule has 0 aromatic rings. The predicted molar refractivity (Wildman–Crippen MR) is 55.6 cm³/mol. The van der Waals surface area contributed by atoms with Crippen LogP contribution in [0.15, 0.2) is 11.6 Å². The van der Waals surface area contributed by atoms with Crippen molar-refractivity contribution in [1.29, 1.82) is 0 Å². The number of ether oxygens (including phenoxy) is 1. The lowest BCUT2D eigenvalue weighted by Crippen LogP contribution is -2.41. The van der Waals surface area contributed by atoms with Gasteiger partial charge in [-0.3, -0.25) is 0 Å². The van der Waals surface area contributed by atoms with E-state index in [0.717, 1.165) is 5.57 Å². The molecule has 0 aliphatic carbocycles. The molecule has 1 rings (SSSR count). The molecule has 0 saturated carbocycles. The monoisotopic (exact) mass is 219 g/mol. The third-order valence-corrected chi connectivity index (χ3v) is 4.24. The van der Waals surface area contributed by atoms with Gasteiger partial charge in [0.25, 0.3) is 0 Å². The van der Waals surface area contributed by atoms with Crippen LogP contribution >= 0.6 is 0 Å². The van der Waals surface area contributed by atoms with Gasteiger partial charge in [0, 0.05) is 13.1 Å². The standard InChI is InChI=1S/C9H17NO3S/c1-3-9(2)8-14(11,12)10-4-6-13-7-5-10/h3H,4-8H2,1-2H3/b9-3-. The molecule has 5 heteroatoms. The first-order valence-electron chi connectivity index (χ1n) is 4.73. The molecule has 0 N–H and O–H groups in total. The molecule has 0 radical (unpaired) electrons. The van der Waals surface area contributed by atoms with E-state index in [4.69, 9.17) is 4.74 Å². The molecule has 0 bridgehead atoms. The normalized spacial score (nSPS) is 21.1. The highest BCUT2D eigenvalue weighted by Crippen LogP contribution is 2.09. The van der Waals surface area contributed by atoms with Crippen molar-refractivity contribution in [3.63, 3.8) is 0 Å². The Morgan fingerprint density at radius 2 is 2.00 bits per heavy atom. The number of hydrogen-bond acceptors (Lipinski definition) is 3. The first-order valence-corrected chi connectivity index (χ1v) is 6.34. The Balaban J connectivity index is 2.64. The number of allylic oxidation sites excluding steroid dienone is 1. The molecule has 1 aliphatic heterocycles. The highest BCUT2D eigenvalue weighted by Gasteiger charge is 2.23. The fourth-order valence-corrected chi connectivity index (χ4v) is 2.92. The van der Waals surface area contributed by atoms with E-state index in [0.29, 0.717) is 26.3 Å². The molecule has 1 heterocycles. The second-order valence-electron chi connectivity index (χ2n) is 3.40. The van der Waals surface area contributed by atoms with Crippen LogP contribution in [-0.4, -0.2) is 44.8 Å². The molecular formula is C9H17NO3S. The van der Waals surface area contributed by atoms with Crippen molar-refractivity contribution < 1.29 is 13.2 Å². The molecule has 0 spiro atoms. The van der Waals surface area contributed by atoms with Gasteiger partial charge in [-0.25, -0.2) is 8.42 Å². The van der Waals surface area contributed by atoms with E-state index in [1.807, 2.05) is 19.9 Å². The first kappa shape index (κ1) is 11.7. The summed E-state index contributed by atoms with van der Waals surface area (Å²) in [5, 5.41) is 0.